The summed E-state index contributed by atoms with van der Waals surface area (Å²) >= 11 is 2.51. The van der Waals surface area contributed by atoms with E-state index < -0.39 is 0 Å². The Hall–Kier alpha value is -2.45. The maximum atomic E-state index is 7.44. The molecule has 10 fully saturated rings. The van der Waals surface area contributed by atoms with Crippen LogP contribution in [0, 0.1) is 23.7 Å². The molecule has 13 rings (SSSR count). The number of hydrogen-bond donors (Lipinski definition) is 0. The lowest BCUT2D eigenvalue weighted by atomic mass is 9.61. The average Bonchev–Trinajstić information content (AvgIpc) is 3.62. The standard InChI is InChI=1S/C52H67N5OS/c1-3-15-32(16-4-1)38-30-39(33-17-5-2-6-18-33)54-52(53-38)57-40-22-8-7-19-34(40)37-29-44-45(31-43(37)57)55-41-23-9-11-25-46(41)58-47-26-13-20-35(50(47)55)36-21-14-28-49-51(36)56(44)42-24-10-12-27-48(42)59-49/h1-6,15-18,30,34-37,40-51H,7-14,19-29,31H2. The van der Waals surface area contributed by atoms with Gasteiger partial charge in [-0.15, -0.1) is 0 Å². The van der Waals surface area contributed by atoms with Crippen LogP contribution < -0.4 is 4.90 Å². The molecule has 10 aliphatic rings. The van der Waals surface area contributed by atoms with Gasteiger partial charge in [0.25, 0.3) is 0 Å². The van der Waals surface area contributed by atoms with Gasteiger partial charge in [-0.3, -0.25) is 9.80 Å². The summed E-state index contributed by atoms with van der Waals surface area (Å²) in [6.45, 7) is 0. The topological polar surface area (TPSA) is 44.7 Å². The molecule has 5 heterocycles. The third-order valence-electron chi connectivity index (χ3n) is 18.6. The summed E-state index contributed by atoms with van der Waals surface area (Å²) in [5, 5.41) is 1.68. The molecule has 4 aliphatic heterocycles. The zero-order valence-corrected chi connectivity index (χ0v) is 36.1. The summed E-state index contributed by atoms with van der Waals surface area (Å²) in [6.07, 6.45) is 28.5. The number of fused-ring (bicyclic) bond motifs is 11. The molecule has 16 unspecified atom stereocenters. The molecular formula is C52H67N5OS. The molecule has 3 aromatic rings. The van der Waals surface area contributed by atoms with Crippen molar-refractivity contribution in [3.63, 3.8) is 0 Å². The Morgan fingerprint density at radius 3 is 1.81 bits per heavy atom. The van der Waals surface area contributed by atoms with Gasteiger partial charge in [0.15, 0.2) is 0 Å². The van der Waals surface area contributed by atoms with E-state index >= 15 is 0 Å². The fraction of sp³-hybridized carbons (Fsp3) is 0.692. The number of benzene rings is 2. The minimum Gasteiger partial charge on any atom is -0.372 e. The lowest BCUT2D eigenvalue weighted by Crippen LogP contribution is -2.78. The van der Waals surface area contributed by atoms with Crippen LogP contribution in [-0.2, 0) is 4.74 Å². The van der Waals surface area contributed by atoms with Crippen LogP contribution in [-0.4, -0.2) is 90.8 Å². The van der Waals surface area contributed by atoms with Crippen molar-refractivity contribution in [2.24, 2.45) is 23.7 Å². The van der Waals surface area contributed by atoms with E-state index in [2.05, 4.69) is 93.2 Å². The van der Waals surface area contributed by atoms with E-state index in [1.54, 1.807) is 0 Å². The smallest absolute Gasteiger partial charge is 0.226 e. The van der Waals surface area contributed by atoms with E-state index in [-0.39, 0.29) is 0 Å². The zero-order chi connectivity index (χ0) is 38.6. The fourth-order valence-electron chi connectivity index (χ4n) is 16.6. The number of hydrogen-bond acceptors (Lipinski definition) is 7. The van der Waals surface area contributed by atoms with E-state index in [1.165, 1.54) is 140 Å². The monoisotopic (exact) mass is 810 g/mol. The Bertz CT molecular complexity index is 1920. The second kappa shape index (κ2) is 15.1. The van der Waals surface area contributed by atoms with E-state index in [0.717, 1.165) is 57.7 Å². The lowest BCUT2D eigenvalue weighted by Gasteiger charge is -2.69. The molecule has 6 aliphatic carbocycles. The molecule has 6 saturated carbocycles. The summed E-state index contributed by atoms with van der Waals surface area (Å²) < 4.78 is 7.44. The molecule has 0 amide bonds. The van der Waals surface area contributed by atoms with Crippen LogP contribution in [0.15, 0.2) is 66.7 Å². The highest BCUT2D eigenvalue weighted by atomic mass is 32.2. The van der Waals surface area contributed by atoms with Crippen molar-refractivity contribution in [1.82, 2.24) is 19.8 Å². The Balaban J connectivity index is 0.976. The third kappa shape index (κ3) is 6.03. The van der Waals surface area contributed by atoms with Crippen molar-refractivity contribution in [2.45, 2.75) is 199 Å². The van der Waals surface area contributed by atoms with Gasteiger partial charge in [0, 0.05) is 70.0 Å². The molecule has 2 aromatic carbocycles. The number of ether oxygens (including phenoxy) is 1. The molecule has 1 aromatic heterocycles. The van der Waals surface area contributed by atoms with Gasteiger partial charge in [-0.1, -0.05) is 112 Å². The van der Waals surface area contributed by atoms with Gasteiger partial charge in [-0.25, -0.2) is 9.97 Å². The molecular weight excluding hydrogens is 743 g/mol. The summed E-state index contributed by atoms with van der Waals surface area (Å²) in [5.74, 6) is 4.09. The summed E-state index contributed by atoms with van der Waals surface area (Å²) in [5.41, 5.74) is 4.53. The molecule has 16 atom stereocenters. The van der Waals surface area contributed by atoms with Crippen molar-refractivity contribution in [2.75, 3.05) is 4.90 Å². The van der Waals surface area contributed by atoms with Gasteiger partial charge < -0.3 is 9.64 Å². The summed E-state index contributed by atoms with van der Waals surface area (Å²) in [4.78, 5) is 21.0. The second-order valence-electron chi connectivity index (χ2n) is 21.1. The van der Waals surface area contributed by atoms with Crippen molar-refractivity contribution in [3.05, 3.63) is 66.7 Å². The summed E-state index contributed by atoms with van der Waals surface area (Å²) in [7, 11) is 0. The number of anilines is 1. The predicted molar refractivity (Wildman–Crippen MR) is 239 cm³/mol. The van der Waals surface area contributed by atoms with Crippen molar-refractivity contribution < 1.29 is 4.74 Å². The quantitative estimate of drug-likeness (QED) is 0.261. The van der Waals surface area contributed by atoms with Crippen LogP contribution in [0.25, 0.3) is 22.5 Å². The first-order valence-corrected chi connectivity index (χ1v) is 25.9. The SMILES string of the molecule is c1ccc(-c2cc(-c3ccccc3)nc(N3C4CCCCC4C4CC5C(CC43)N3C4CCCCC4OC4CCCC(C6CCCC7SC8CCCCC8N5C76)C43)n2)cc1. The van der Waals surface area contributed by atoms with Crippen molar-refractivity contribution in [3.8, 4) is 22.5 Å². The van der Waals surface area contributed by atoms with Crippen molar-refractivity contribution in [1.29, 1.82) is 0 Å². The Morgan fingerprint density at radius 2 is 1.03 bits per heavy atom. The number of thioether (sulfide) groups is 1. The minimum atomic E-state index is 0.428. The predicted octanol–water partition coefficient (Wildman–Crippen LogP) is 10.8. The van der Waals surface area contributed by atoms with Gasteiger partial charge in [0.1, 0.15) is 0 Å². The molecule has 7 heteroatoms. The van der Waals surface area contributed by atoms with Crippen LogP contribution in [0.1, 0.15) is 128 Å². The first-order chi connectivity index (χ1) is 29.3. The molecule has 0 spiro atoms. The molecule has 4 saturated heterocycles. The number of aromatic nitrogens is 2. The molecule has 0 bridgehead atoms. The summed E-state index contributed by atoms with van der Waals surface area (Å²) in [6, 6.07) is 29.2. The minimum absolute atomic E-state index is 0.428. The van der Waals surface area contributed by atoms with E-state index in [4.69, 9.17) is 14.7 Å². The first-order valence-electron chi connectivity index (χ1n) is 24.9. The molecule has 59 heavy (non-hydrogen) atoms. The zero-order valence-electron chi connectivity index (χ0n) is 35.3. The Morgan fingerprint density at radius 1 is 0.458 bits per heavy atom. The Kier molecular flexibility index (Phi) is 9.52. The Labute approximate surface area is 358 Å². The van der Waals surface area contributed by atoms with Gasteiger partial charge in [0.05, 0.1) is 23.6 Å². The van der Waals surface area contributed by atoms with Gasteiger partial charge in [0.2, 0.25) is 5.95 Å². The largest absolute Gasteiger partial charge is 0.372 e. The third-order valence-corrected chi connectivity index (χ3v) is 20.3. The first kappa shape index (κ1) is 37.1. The second-order valence-corrected chi connectivity index (χ2v) is 22.6. The van der Waals surface area contributed by atoms with Gasteiger partial charge in [-0.05, 0) is 107 Å². The highest BCUT2D eigenvalue weighted by molar-refractivity contribution is 8.00. The van der Waals surface area contributed by atoms with Crippen molar-refractivity contribution >= 4 is 17.7 Å². The normalized spacial score (nSPS) is 44.0. The maximum Gasteiger partial charge on any atom is 0.226 e. The highest BCUT2D eigenvalue weighted by Gasteiger charge is 2.65. The highest BCUT2D eigenvalue weighted by Crippen LogP contribution is 2.60. The number of nitrogens with zero attached hydrogens (tertiary/aromatic N) is 5. The van der Waals surface area contributed by atoms with E-state index in [0.29, 0.717) is 54.4 Å². The molecule has 0 N–H and O–H groups in total. The number of rotatable bonds is 3. The molecule has 312 valence electrons. The van der Waals surface area contributed by atoms with Crippen LogP contribution in [0.2, 0.25) is 0 Å². The lowest BCUT2D eigenvalue weighted by molar-refractivity contribution is -0.233. The van der Waals surface area contributed by atoms with Crippen LogP contribution in [0.5, 0.6) is 0 Å². The van der Waals surface area contributed by atoms with Crippen LogP contribution in [0.3, 0.4) is 0 Å². The van der Waals surface area contributed by atoms with E-state index in [1.807, 2.05) is 0 Å². The fourth-order valence-corrected chi connectivity index (χ4v) is 18.6. The number of morpholine rings is 1. The van der Waals surface area contributed by atoms with Crippen LogP contribution >= 0.6 is 11.8 Å². The van der Waals surface area contributed by atoms with Gasteiger partial charge in [-0.2, -0.15) is 11.8 Å². The van der Waals surface area contributed by atoms with E-state index in [9.17, 15) is 0 Å². The maximum absolute atomic E-state index is 7.44. The molecule has 0 radical (unpaired) electrons. The molecule has 6 nitrogen and oxygen atoms in total. The van der Waals surface area contributed by atoms with Gasteiger partial charge >= 0.3 is 0 Å². The van der Waals surface area contributed by atoms with Crippen LogP contribution in [0.4, 0.5) is 5.95 Å². The average molecular weight is 810 g/mol.